The van der Waals surface area contributed by atoms with Gasteiger partial charge in [0, 0.05) is 18.7 Å². The van der Waals surface area contributed by atoms with Crippen LogP contribution >= 0.6 is 0 Å². The first-order valence-corrected chi connectivity index (χ1v) is 8.16. The number of carboxylic acids is 1. The first-order chi connectivity index (χ1) is 10.9. The van der Waals surface area contributed by atoms with Gasteiger partial charge in [-0.1, -0.05) is 18.9 Å². The van der Waals surface area contributed by atoms with Gasteiger partial charge in [0.05, 0.1) is 11.3 Å². The Morgan fingerprint density at radius 1 is 1.43 bits per heavy atom. The molecule has 124 valence electrons. The van der Waals surface area contributed by atoms with Crippen molar-refractivity contribution < 1.29 is 14.8 Å². The van der Waals surface area contributed by atoms with Crippen LogP contribution in [0.3, 0.4) is 0 Å². The lowest BCUT2D eigenvalue weighted by molar-refractivity contribution is -0.384. The smallest absolute Gasteiger partial charge is 0.307 e. The molecule has 0 radical (unpaired) electrons. The lowest BCUT2D eigenvalue weighted by Crippen LogP contribution is -2.29. The van der Waals surface area contributed by atoms with Gasteiger partial charge in [-0.25, -0.2) is 0 Å². The molecule has 1 heterocycles. The number of aliphatic carboxylic acids is 1. The molecule has 1 aromatic rings. The monoisotopic (exact) mass is 318 g/mol. The fourth-order valence-corrected chi connectivity index (χ4v) is 4.37. The van der Waals surface area contributed by atoms with Crippen LogP contribution < -0.4 is 4.90 Å². The molecule has 1 spiro atoms. The van der Waals surface area contributed by atoms with Crippen molar-refractivity contribution in [3.8, 4) is 0 Å². The van der Waals surface area contributed by atoms with Crippen molar-refractivity contribution in [2.45, 2.75) is 51.5 Å². The van der Waals surface area contributed by atoms with Crippen molar-refractivity contribution >= 4 is 17.3 Å². The van der Waals surface area contributed by atoms with Gasteiger partial charge in [0.1, 0.15) is 5.69 Å². The SMILES string of the molecule is CC1CC2(CCCC2)CN1c1ccc(CC(=O)O)cc1[N+](=O)[O-]. The van der Waals surface area contributed by atoms with E-state index in [2.05, 4.69) is 11.8 Å². The Balaban J connectivity index is 1.92. The Labute approximate surface area is 135 Å². The van der Waals surface area contributed by atoms with Crippen LogP contribution in [-0.4, -0.2) is 28.6 Å². The summed E-state index contributed by atoms with van der Waals surface area (Å²) in [4.78, 5) is 24.1. The van der Waals surface area contributed by atoms with E-state index in [1.54, 1.807) is 12.1 Å². The van der Waals surface area contributed by atoms with E-state index >= 15 is 0 Å². The van der Waals surface area contributed by atoms with Gasteiger partial charge in [-0.3, -0.25) is 14.9 Å². The number of benzene rings is 1. The Hall–Kier alpha value is -2.11. The lowest BCUT2D eigenvalue weighted by atomic mass is 9.84. The molecule has 1 N–H and O–H groups in total. The Morgan fingerprint density at radius 3 is 2.74 bits per heavy atom. The van der Waals surface area contributed by atoms with Crippen LogP contribution in [0.15, 0.2) is 18.2 Å². The Kier molecular flexibility index (Phi) is 4.00. The minimum Gasteiger partial charge on any atom is -0.481 e. The predicted octanol–water partition coefficient (Wildman–Crippen LogP) is 3.38. The molecule has 2 fully saturated rings. The molecule has 1 saturated heterocycles. The molecule has 23 heavy (non-hydrogen) atoms. The standard InChI is InChI=1S/C17H22N2O4/c1-12-10-17(6-2-3-7-17)11-18(12)14-5-4-13(9-16(20)21)8-15(14)19(22)23/h4-5,8,12H,2-3,6-7,9-11H2,1H3,(H,20,21). The Morgan fingerprint density at radius 2 is 2.13 bits per heavy atom. The number of carboxylic acid groups (broad SMARTS) is 1. The highest BCUT2D eigenvalue weighted by Crippen LogP contribution is 2.49. The molecule has 1 aromatic carbocycles. The first kappa shape index (κ1) is 15.8. The summed E-state index contributed by atoms with van der Waals surface area (Å²) in [5, 5.41) is 20.3. The van der Waals surface area contributed by atoms with Gasteiger partial charge in [0.2, 0.25) is 0 Å². The third-order valence-corrected chi connectivity index (χ3v) is 5.33. The third kappa shape index (κ3) is 3.02. The molecule has 0 bridgehead atoms. The van der Waals surface area contributed by atoms with Crippen LogP contribution in [0.5, 0.6) is 0 Å². The maximum Gasteiger partial charge on any atom is 0.307 e. The minimum absolute atomic E-state index is 0.0191. The number of nitro groups is 1. The maximum absolute atomic E-state index is 11.5. The topological polar surface area (TPSA) is 83.7 Å². The highest BCUT2D eigenvalue weighted by atomic mass is 16.6. The summed E-state index contributed by atoms with van der Waals surface area (Å²) < 4.78 is 0. The zero-order valence-electron chi connectivity index (χ0n) is 13.3. The van der Waals surface area contributed by atoms with Crippen LogP contribution in [0.2, 0.25) is 0 Å². The fourth-order valence-electron chi connectivity index (χ4n) is 4.37. The number of rotatable bonds is 4. The molecule has 6 nitrogen and oxygen atoms in total. The van der Waals surface area contributed by atoms with Crippen molar-refractivity contribution in [2.24, 2.45) is 5.41 Å². The summed E-state index contributed by atoms with van der Waals surface area (Å²) in [6.07, 6.45) is 5.81. The second-order valence-electron chi connectivity index (χ2n) is 7.04. The highest BCUT2D eigenvalue weighted by molar-refractivity contribution is 5.73. The summed E-state index contributed by atoms with van der Waals surface area (Å²) >= 11 is 0. The van der Waals surface area contributed by atoms with Gasteiger partial charge in [-0.2, -0.15) is 0 Å². The van der Waals surface area contributed by atoms with Crippen LogP contribution in [-0.2, 0) is 11.2 Å². The summed E-state index contributed by atoms with van der Waals surface area (Å²) in [7, 11) is 0. The number of nitrogens with zero attached hydrogens (tertiary/aromatic N) is 2. The second kappa shape index (κ2) is 5.83. The van der Waals surface area contributed by atoms with E-state index in [1.807, 2.05) is 0 Å². The maximum atomic E-state index is 11.5. The van der Waals surface area contributed by atoms with Crippen LogP contribution in [0, 0.1) is 15.5 Å². The van der Waals surface area contributed by atoms with Crippen molar-refractivity contribution in [3.63, 3.8) is 0 Å². The van der Waals surface area contributed by atoms with E-state index in [4.69, 9.17) is 5.11 Å². The Bertz CT molecular complexity index is 637. The summed E-state index contributed by atoms with van der Waals surface area (Å²) in [5.74, 6) is -0.980. The quantitative estimate of drug-likeness (QED) is 0.679. The van der Waals surface area contributed by atoms with Gasteiger partial charge in [0.25, 0.3) is 5.69 Å². The number of hydrogen-bond donors (Lipinski definition) is 1. The molecule has 1 aliphatic heterocycles. The molecule has 6 heteroatoms. The summed E-state index contributed by atoms with van der Waals surface area (Å²) in [5.41, 5.74) is 1.42. The van der Waals surface area contributed by atoms with Crippen LogP contribution in [0.4, 0.5) is 11.4 Å². The van der Waals surface area contributed by atoms with Gasteiger partial charge in [-0.05, 0) is 43.2 Å². The molecule has 0 aromatic heterocycles. The summed E-state index contributed by atoms with van der Waals surface area (Å²) in [6, 6.07) is 5.11. The van der Waals surface area contributed by atoms with Gasteiger partial charge in [0.15, 0.2) is 0 Å². The van der Waals surface area contributed by atoms with E-state index < -0.39 is 10.9 Å². The fraction of sp³-hybridized carbons (Fsp3) is 0.588. The number of hydrogen-bond acceptors (Lipinski definition) is 4. The predicted molar refractivity (Wildman–Crippen MR) is 86.8 cm³/mol. The van der Waals surface area contributed by atoms with Crippen molar-refractivity contribution in [1.82, 2.24) is 0 Å². The first-order valence-electron chi connectivity index (χ1n) is 8.16. The number of carbonyl (C=O) groups is 1. The van der Waals surface area contributed by atoms with E-state index in [1.165, 1.54) is 31.7 Å². The van der Waals surface area contributed by atoms with Gasteiger partial charge >= 0.3 is 5.97 Å². The van der Waals surface area contributed by atoms with Crippen LogP contribution in [0.1, 0.15) is 44.6 Å². The number of nitro benzene ring substituents is 1. The molecule has 1 atom stereocenters. The molecule has 1 saturated carbocycles. The number of anilines is 1. The molecular formula is C17H22N2O4. The van der Waals surface area contributed by atoms with Crippen molar-refractivity contribution in [2.75, 3.05) is 11.4 Å². The molecule has 2 aliphatic rings. The van der Waals surface area contributed by atoms with E-state index in [-0.39, 0.29) is 18.2 Å². The van der Waals surface area contributed by atoms with E-state index in [0.717, 1.165) is 13.0 Å². The average molecular weight is 318 g/mol. The molecule has 1 aliphatic carbocycles. The van der Waals surface area contributed by atoms with Crippen molar-refractivity contribution in [3.05, 3.63) is 33.9 Å². The molecule has 0 amide bonds. The molecule has 3 rings (SSSR count). The zero-order chi connectivity index (χ0) is 16.6. The minimum atomic E-state index is -0.980. The van der Waals surface area contributed by atoms with Gasteiger partial charge < -0.3 is 10.0 Å². The third-order valence-electron chi connectivity index (χ3n) is 5.33. The van der Waals surface area contributed by atoms with Crippen molar-refractivity contribution in [1.29, 1.82) is 0 Å². The zero-order valence-corrected chi connectivity index (χ0v) is 13.3. The largest absolute Gasteiger partial charge is 0.481 e. The summed E-state index contributed by atoms with van der Waals surface area (Å²) in [6.45, 7) is 3.00. The lowest BCUT2D eigenvalue weighted by Gasteiger charge is -2.26. The van der Waals surface area contributed by atoms with Crippen LogP contribution in [0.25, 0.3) is 0 Å². The van der Waals surface area contributed by atoms with Gasteiger partial charge in [-0.15, -0.1) is 0 Å². The highest BCUT2D eigenvalue weighted by Gasteiger charge is 2.45. The van der Waals surface area contributed by atoms with E-state index in [9.17, 15) is 14.9 Å². The van der Waals surface area contributed by atoms with E-state index in [0.29, 0.717) is 16.7 Å². The molecular weight excluding hydrogens is 296 g/mol. The average Bonchev–Trinajstić information content (AvgIpc) is 3.05. The molecule has 1 unspecified atom stereocenters. The second-order valence-corrected chi connectivity index (χ2v) is 7.04. The normalized spacial score (nSPS) is 22.7.